The Morgan fingerprint density at radius 1 is 0.857 bits per heavy atom. The fourth-order valence-corrected chi connectivity index (χ4v) is 3.61. The molecule has 9 heteroatoms. The second kappa shape index (κ2) is 12.0. The quantitative estimate of drug-likeness (QED) is 0.374. The van der Waals surface area contributed by atoms with E-state index in [1.54, 1.807) is 65.0 Å². The average Bonchev–Trinajstić information content (AvgIpc) is 2.76. The summed E-state index contributed by atoms with van der Waals surface area (Å²) in [5.41, 5.74) is -0.223. The van der Waals surface area contributed by atoms with Crippen LogP contribution in [0.25, 0.3) is 0 Å². The van der Waals surface area contributed by atoms with Crippen molar-refractivity contribution in [1.82, 2.24) is 21.3 Å². The van der Waals surface area contributed by atoms with Gasteiger partial charge in [-0.15, -0.1) is 0 Å². The molecule has 35 heavy (non-hydrogen) atoms. The van der Waals surface area contributed by atoms with Crippen molar-refractivity contribution in [2.45, 2.75) is 85.0 Å². The normalized spacial score (nSPS) is 16.3. The molecule has 2 rings (SSSR count). The van der Waals surface area contributed by atoms with Gasteiger partial charge in [-0.1, -0.05) is 52.8 Å². The molecular formula is C26H38N4O5. The van der Waals surface area contributed by atoms with E-state index in [0.29, 0.717) is 5.56 Å². The lowest BCUT2D eigenvalue weighted by atomic mass is 9.85. The zero-order valence-corrected chi connectivity index (χ0v) is 21.4. The summed E-state index contributed by atoms with van der Waals surface area (Å²) < 4.78 is 0. The first-order valence-electron chi connectivity index (χ1n) is 12.1. The second-order valence-electron chi connectivity index (χ2n) is 10.6. The van der Waals surface area contributed by atoms with Crippen molar-refractivity contribution in [2.75, 3.05) is 0 Å². The van der Waals surface area contributed by atoms with E-state index in [1.807, 2.05) is 0 Å². The van der Waals surface area contributed by atoms with Gasteiger partial charge in [-0.3, -0.25) is 24.0 Å². The second-order valence-corrected chi connectivity index (χ2v) is 10.6. The molecule has 0 aliphatic heterocycles. The molecule has 4 N–H and O–H groups in total. The molecule has 0 heterocycles. The molecule has 1 fully saturated rings. The van der Waals surface area contributed by atoms with E-state index in [2.05, 4.69) is 21.3 Å². The van der Waals surface area contributed by atoms with Crippen molar-refractivity contribution >= 4 is 29.4 Å². The molecule has 1 saturated carbocycles. The number of carbonyl (C=O) groups is 5. The van der Waals surface area contributed by atoms with E-state index in [9.17, 15) is 24.0 Å². The zero-order chi connectivity index (χ0) is 26.3. The van der Waals surface area contributed by atoms with Gasteiger partial charge in [0.15, 0.2) is 0 Å². The molecule has 0 radical (unpaired) electrons. The van der Waals surface area contributed by atoms with E-state index >= 15 is 0 Å². The number of carbonyl (C=O) groups excluding carboxylic acids is 5. The van der Waals surface area contributed by atoms with Gasteiger partial charge < -0.3 is 21.3 Å². The molecule has 0 unspecified atom stereocenters. The summed E-state index contributed by atoms with van der Waals surface area (Å²) in [5, 5.41) is 10.7. The third-order valence-electron chi connectivity index (χ3n) is 6.10. The highest BCUT2D eigenvalue weighted by Crippen LogP contribution is 2.20. The van der Waals surface area contributed by atoms with Gasteiger partial charge in [0.05, 0.1) is 6.04 Å². The molecule has 1 aliphatic carbocycles. The van der Waals surface area contributed by atoms with E-state index in [4.69, 9.17) is 0 Å². The van der Waals surface area contributed by atoms with E-state index < -0.39 is 53.0 Å². The SMILES string of the molecule is CC(C)[C@H](NC(=O)[C@H](C)NC(=O)[C@@H](NC(=O)c1ccccc1)C(C)(C)C)C(=O)C(=O)NC1CCC1. The van der Waals surface area contributed by atoms with Gasteiger partial charge in [-0.25, -0.2) is 0 Å². The highest BCUT2D eigenvalue weighted by Gasteiger charge is 2.36. The van der Waals surface area contributed by atoms with E-state index in [0.717, 1.165) is 19.3 Å². The molecule has 1 aliphatic rings. The van der Waals surface area contributed by atoms with Crippen molar-refractivity contribution < 1.29 is 24.0 Å². The van der Waals surface area contributed by atoms with Crippen LogP contribution in [-0.4, -0.2) is 53.6 Å². The van der Waals surface area contributed by atoms with E-state index in [1.165, 1.54) is 6.92 Å². The minimum atomic E-state index is -1.02. The Kier molecular flexibility index (Phi) is 9.56. The lowest BCUT2D eigenvalue weighted by Gasteiger charge is -2.31. The van der Waals surface area contributed by atoms with Crippen molar-refractivity contribution in [1.29, 1.82) is 0 Å². The molecule has 1 aromatic rings. The van der Waals surface area contributed by atoms with Gasteiger partial charge in [-0.2, -0.15) is 0 Å². The Hall–Kier alpha value is -3.23. The lowest BCUT2D eigenvalue weighted by Crippen LogP contribution is -2.59. The first-order chi connectivity index (χ1) is 16.3. The van der Waals surface area contributed by atoms with Crippen molar-refractivity contribution in [3.8, 4) is 0 Å². The number of hydrogen-bond acceptors (Lipinski definition) is 5. The zero-order valence-electron chi connectivity index (χ0n) is 21.4. The monoisotopic (exact) mass is 486 g/mol. The van der Waals surface area contributed by atoms with Crippen LogP contribution in [0.3, 0.4) is 0 Å². The third kappa shape index (κ3) is 7.90. The average molecular weight is 487 g/mol. The van der Waals surface area contributed by atoms with Crippen molar-refractivity contribution in [3.63, 3.8) is 0 Å². The Balaban J connectivity index is 2.02. The summed E-state index contributed by atoms with van der Waals surface area (Å²) in [6.45, 7) is 10.4. The molecule has 3 atom stereocenters. The van der Waals surface area contributed by atoms with Crippen LogP contribution in [0.15, 0.2) is 30.3 Å². The van der Waals surface area contributed by atoms with Gasteiger partial charge in [0.2, 0.25) is 17.6 Å². The predicted octanol–water partition coefficient (Wildman–Crippen LogP) is 1.71. The minimum absolute atomic E-state index is 0.00797. The molecule has 192 valence electrons. The summed E-state index contributed by atoms with van der Waals surface area (Å²) in [6.07, 6.45) is 2.70. The molecule has 9 nitrogen and oxygen atoms in total. The fraction of sp³-hybridized carbons (Fsp3) is 0.577. The van der Waals surface area contributed by atoms with Crippen LogP contribution in [-0.2, 0) is 19.2 Å². The number of hydrogen-bond donors (Lipinski definition) is 4. The number of nitrogens with one attached hydrogen (secondary N) is 4. The van der Waals surface area contributed by atoms with Crippen LogP contribution in [0.5, 0.6) is 0 Å². The Morgan fingerprint density at radius 2 is 1.46 bits per heavy atom. The van der Waals surface area contributed by atoms with Crippen LogP contribution in [0.4, 0.5) is 0 Å². The highest BCUT2D eigenvalue weighted by molar-refractivity contribution is 6.38. The molecule has 0 bridgehead atoms. The number of amides is 4. The van der Waals surface area contributed by atoms with Crippen LogP contribution < -0.4 is 21.3 Å². The molecular weight excluding hydrogens is 448 g/mol. The number of Topliss-reactive ketones (excluding diaryl/α,β-unsaturated/α-hetero) is 1. The largest absolute Gasteiger partial charge is 0.347 e. The Bertz CT molecular complexity index is 935. The topological polar surface area (TPSA) is 133 Å². The standard InChI is InChI=1S/C26H38N4O5/c1-15(2)19(20(31)24(34)28-18-13-10-14-18)29-22(32)16(3)27-25(35)21(26(4,5)6)30-23(33)17-11-8-7-9-12-17/h7-9,11-12,15-16,18-19,21H,10,13-14H2,1-6H3,(H,27,35)(H,28,34)(H,29,32)(H,30,33)/t16-,19-,21+/m0/s1. The summed E-state index contributed by atoms with van der Waals surface area (Å²) in [5.74, 6) is -3.26. The van der Waals surface area contributed by atoms with Crippen LogP contribution in [0, 0.1) is 11.3 Å². The summed E-state index contributed by atoms with van der Waals surface area (Å²) in [7, 11) is 0. The molecule has 4 amide bonds. The fourth-order valence-electron chi connectivity index (χ4n) is 3.61. The maximum atomic E-state index is 13.1. The van der Waals surface area contributed by atoms with Crippen LogP contribution in [0.1, 0.15) is 71.2 Å². The molecule has 0 spiro atoms. The molecule has 1 aromatic carbocycles. The lowest BCUT2D eigenvalue weighted by molar-refractivity contribution is -0.141. The Morgan fingerprint density at radius 3 is 1.94 bits per heavy atom. The van der Waals surface area contributed by atoms with Crippen LogP contribution >= 0.6 is 0 Å². The van der Waals surface area contributed by atoms with Crippen LogP contribution in [0.2, 0.25) is 0 Å². The van der Waals surface area contributed by atoms with Gasteiger partial charge in [-0.05, 0) is 49.7 Å². The molecule has 0 saturated heterocycles. The molecule has 0 aromatic heterocycles. The van der Waals surface area contributed by atoms with Crippen molar-refractivity contribution in [2.24, 2.45) is 11.3 Å². The minimum Gasteiger partial charge on any atom is -0.347 e. The Labute approximate surface area is 207 Å². The summed E-state index contributed by atoms with van der Waals surface area (Å²) in [6, 6.07) is 5.62. The first kappa shape index (κ1) is 28.0. The van der Waals surface area contributed by atoms with E-state index in [-0.39, 0.29) is 12.0 Å². The van der Waals surface area contributed by atoms with Gasteiger partial charge >= 0.3 is 0 Å². The highest BCUT2D eigenvalue weighted by atomic mass is 16.2. The van der Waals surface area contributed by atoms with Gasteiger partial charge in [0.1, 0.15) is 12.1 Å². The summed E-state index contributed by atoms with van der Waals surface area (Å²) >= 11 is 0. The first-order valence-corrected chi connectivity index (χ1v) is 12.1. The van der Waals surface area contributed by atoms with Crippen molar-refractivity contribution in [3.05, 3.63) is 35.9 Å². The maximum absolute atomic E-state index is 13.1. The number of rotatable bonds is 10. The summed E-state index contributed by atoms with van der Waals surface area (Å²) in [4.78, 5) is 63.5. The van der Waals surface area contributed by atoms with Gasteiger partial charge in [0, 0.05) is 11.6 Å². The maximum Gasteiger partial charge on any atom is 0.289 e. The van der Waals surface area contributed by atoms with Gasteiger partial charge in [0.25, 0.3) is 11.8 Å². The number of benzene rings is 1. The smallest absolute Gasteiger partial charge is 0.289 e. The number of ketones is 1. The third-order valence-corrected chi connectivity index (χ3v) is 6.10. The predicted molar refractivity (Wildman–Crippen MR) is 132 cm³/mol.